The first-order valence-electron chi connectivity index (χ1n) is 8.72. The van der Waals surface area contributed by atoms with Crippen LogP contribution in [0.25, 0.3) is 0 Å². The number of rotatable bonds is 8. The van der Waals surface area contributed by atoms with Crippen molar-refractivity contribution in [3.8, 4) is 0 Å². The standard InChI is InChI=1S/C20H34N2/c1-6-7-8-9-14-22-19(16(2)21)15-17-10-12-18(13-11-17)20(3,4)5/h10-13,16H,6-9,14-15,21H2,1-5H3. The van der Waals surface area contributed by atoms with Crippen LogP contribution < -0.4 is 5.73 Å². The molecule has 1 rings (SSSR count). The molecule has 0 aliphatic carbocycles. The smallest absolute Gasteiger partial charge is 0.0400 e. The summed E-state index contributed by atoms with van der Waals surface area (Å²) in [4.78, 5) is 4.75. The van der Waals surface area contributed by atoms with Crippen molar-refractivity contribution in [2.24, 2.45) is 10.7 Å². The summed E-state index contributed by atoms with van der Waals surface area (Å²) in [7, 11) is 0. The molecule has 1 atom stereocenters. The van der Waals surface area contributed by atoms with Gasteiger partial charge in [-0.1, -0.05) is 71.2 Å². The van der Waals surface area contributed by atoms with Gasteiger partial charge in [0.25, 0.3) is 0 Å². The highest BCUT2D eigenvalue weighted by Gasteiger charge is 2.13. The molecule has 1 unspecified atom stereocenters. The third-order valence-corrected chi connectivity index (χ3v) is 4.06. The van der Waals surface area contributed by atoms with Gasteiger partial charge in [0.2, 0.25) is 0 Å². The quantitative estimate of drug-likeness (QED) is 0.538. The molecule has 2 heteroatoms. The Labute approximate surface area is 137 Å². The molecule has 0 aliphatic rings. The molecule has 0 aromatic heterocycles. The van der Waals surface area contributed by atoms with Crippen molar-refractivity contribution in [1.29, 1.82) is 0 Å². The van der Waals surface area contributed by atoms with E-state index in [1.807, 2.05) is 6.92 Å². The molecule has 1 aromatic rings. The molecule has 0 amide bonds. The van der Waals surface area contributed by atoms with Gasteiger partial charge in [-0.2, -0.15) is 0 Å². The van der Waals surface area contributed by atoms with Gasteiger partial charge < -0.3 is 5.73 Å². The molecule has 1 aromatic carbocycles. The van der Waals surface area contributed by atoms with Crippen molar-refractivity contribution < 1.29 is 0 Å². The first kappa shape index (κ1) is 18.9. The lowest BCUT2D eigenvalue weighted by Crippen LogP contribution is -2.29. The Morgan fingerprint density at radius 1 is 1.09 bits per heavy atom. The highest BCUT2D eigenvalue weighted by molar-refractivity contribution is 5.90. The minimum Gasteiger partial charge on any atom is -0.323 e. The van der Waals surface area contributed by atoms with Crippen LogP contribution in [-0.2, 0) is 11.8 Å². The molecule has 22 heavy (non-hydrogen) atoms. The van der Waals surface area contributed by atoms with Gasteiger partial charge in [0.15, 0.2) is 0 Å². The summed E-state index contributed by atoms with van der Waals surface area (Å²) in [6.07, 6.45) is 5.89. The lowest BCUT2D eigenvalue weighted by molar-refractivity contribution is 0.590. The molecule has 2 nitrogen and oxygen atoms in total. The average molecular weight is 303 g/mol. The summed E-state index contributed by atoms with van der Waals surface area (Å²) in [6.45, 7) is 11.9. The second-order valence-electron chi connectivity index (χ2n) is 7.35. The van der Waals surface area contributed by atoms with Gasteiger partial charge in [-0.05, 0) is 29.9 Å². The molecule has 124 valence electrons. The molecule has 0 fully saturated rings. The molecule has 0 aliphatic heterocycles. The van der Waals surface area contributed by atoms with Crippen LogP contribution in [0, 0.1) is 0 Å². The SMILES string of the molecule is CCCCCCN=C(Cc1ccc(C(C)(C)C)cc1)C(C)N. The molecule has 0 bridgehead atoms. The normalized spacial score (nSPS) is 14.2. The Kier molecular flexibility index (Phi) is 7.81. The second-order valence-corrected chi connectivity index (χ2v) is 7.35. The highest BCUT2D eigenvalue weighted by Crippen LogP contribution is 2.22. The largest absolute Gasteiger partial charge is 0.323 e. The zero-order valence-electron chi connectivity index (χ0n) is 15.2. The van der Waals surface area contributed by atoms with Gasteiger partial charge in [-0.3, -0.25) is 4.99 Å². The van der Waals surface area contributed by atoms with Crippen LogP contribution in [0.1, 0.15) is 71.4 Å². The van der Waals surface area contributed by atoms with Crippen LogP contribution >= 0.6 is 0 Å². The van der Waals surface area contributed by atoms with Crippen molar-refractivity contribution in [2.75, 3.05) is 6.54 Å². The van der Waals surface area contributed by atoms with Gasteiger partial charge >= 0.3 is 0 Å². The number of nitrogens with two attached hydrogens (primary N) is 1. The first-order valence-corrected chi connectivity index (χ1v) is 8.72. The summed E-state index contributed by atoms with van der Waals surface area (Å²) in [5.41, 5.74) is 10.1. The maximum absolute atomic E-state index is 6.09. The zero-order chi connectivity index (χ0) is 16.6. The van der Waals surface area contributed by atoms with E-state index in [1.165, 1.54) is 36.8 Å². The third kappa shape index (κ3) is 6.74. The van der Waals surface area contributed by atoms with E-state index in [2.05, 4.69) is 52.0 Å². The number of hydrogen-bond donors (Lipinski definition) is 1. The molecule has 0 saturated heterocycles. The predicted octanol–water partition coefficient (Wildman–Crippen LogP) is 4.90. The van der Waals surface area contributed by atoms with E-state index in [9.17, 15) is 0 Å². The van der Waals surface area contributed by atoms with E-state index in [4.69, 9.17) is 10.7 Å². The number of nitrogens with zero attached hydrogens (tertiary/aromatic N) is 1. The van der Waals surface area contributed by atoms with Gasteiger partial charge in [0.1, 0.15) is 0 Å². The summed E-state index contributed by atoms with van der Waals surface area (Å²) in [5, 5.41) is 0. The number of hydrogen-bond acceptors (Lipinski definition) is 2. The van der Waals surface area contributed by atoms with E-state index in [-0.39, 0.29) is 11.5 Å². The topological polar surface area (TPSA) is 38.4 Å². The van der Waals surface area contributed by atoms with Gasteiger partial charge in [-0.15, -0.1) is 0 Å². The van der Waals surface area contributed by atoms with Crippen molar-refractivity contribution in [3.05, 3.63) is 35.4 Å². The Morgan fingerprint density at radius 2 is 1.73 bits per heavy atom. The molecular formula is C20H34N2. The highest BCUT2D eigenvalue weighted by atomic mass is 14.8. The van der Waals surface area contributed by atoms with E-state index >= 15 is 0 Å². The van der Waals surface area contributed by atoms with Crippen molar-refractivity contribution in [1.82, 2.24) is 0 Å². The number of benzene rings is 1. The predicted molar refractivity (Wildman–Crippen MR) is 98.9 cm³/mol. The molecule has 0 saturated carbocycles. The summed E-state index contributed by atoms with van der Waals surface area (Å²) in [6, 6.07) is 8.93. The number of unbranched alkanes of at least 4 members (excludes halogenated alkanes) is 3. The fourth-order valence-corrected chi connectivity index (χ4v) is 2.45. The third-order valence-electron chi connectivity index (χ3n) is 4.06. The van der Waals surface area contributed by atoms with Gasteiger partial charge in [-0.25, -0.2) is 0 Å². The van der Waals surface area contributed by atoms with Gasteiger partial charge in [0, 0.05) is 24.7 Å². The second kappa shape index (κ2) is 9.09. The minimum atomic E-state index is 0.0356. The van der Waals surface area contributed by atoms with Gasteiger partial charge in [0.05, 0.1) is 0 Å². The van der Waals surface area contributed by atoms with Crippen molar-refractivity contribution in [2.45, 2.75) is 78.2 Å². The molecule has 0 spiro atoms. The molecular weight excluding hydrogens is 268 g/mol. The van der Waals surface area contributed by atoms with Crippen molar-refractivity contribution >= 4 is 5.71 Å². The van der Waals surface area contributed by atoms with E-state index < -0.39 is 0 Å². The number of aliphatic imine (C=N–C) groups is 1. The van der Waals surface area contributed by atoms with Crippen LogP contribution in [0.15, 0.2) is 29.3 Å². The Morgan fingerprint density at radius 3 is 2.23 bits per heavy atom. The van der Waals surface area contributed by atoms with E-state index in [0.29, 0.717) is 0 Å². The van der Waals surface area contributed by atoms with Crippen LogP contribution in [0.2, 0.25) is 0 Å². The first-order chi connectivity index (χ1) is 10.3. The van der Waals surface area contributed by atoms with Crippen LogP contribution in [0.3, 0.4) is 0 Å². The Bertz CT molecular complexity index is 450. The monoisotopic (exact) mass is 302 g/mol. The summed E-state index contributed by atoms with van der Waals surface area (Å²) >= 11 is 0. The zero-order valence-corrected chi connectivity index (χ0v) is 15.2. The minimum absolute atomic E-state index is 0.0356. The van der Waals surface area contributed by atoms with Crippen LogP contribution in [0.4, 0.5) is 0 Å². The summed E-state index contributed by atoms with van der Waals surface area (Å²) in [5.74, 6) is 0. The summed E-state index contributed by atoms with van der Waals surface area (Å²) < 4.78 is 0. The van der Waals surface area contributed by atoms with Crippen molar-refractivity contribution in [3.63, 3.8) is 0 Å². The van der Waals surface area contributed by atoms with E-state index in [0.717, 1.165) is 18.7 Å². The lowest BCUT2D eigenvalue weighted by Gasteiger charge is -2.19. The molecule has 2 N–H and O–H groups in total. The maximum Gasteiger partial charge on any atom is 0.0400 e. The Hall–Kier alpha value is -1.15. The van der Waals surface area contributed by atoms with Crippen LogP contribution in [0.5, 0.6) is 0 Å². The van der Waals surface area contributed by atoms with E-state index in [1.54, 1.807) is 0 Å². The van der Waals surface area contributed by atoms with Crippen LogP contribution in [-0.4, -0.2) is 18.3 Å². The molecule has 0 heterocycles. The molecule has 0 radical (unpaired) electrons. The average Bonchev–Trinajstić information content (AvgIpc) is 2.45. The lowest BCUT2D eigenvalue weighted by atomic mass is 9.86. The fraction of sp³-hybridized carbons (Fsp3) is 0.650. The Balaban J connectivity index is 2.65. The fourth-order valence-electron chi connectivity index (χ4n) is 2.45. The maximum atomic E-state index is 6.09.